The molecule has 1 aliphatic carbocycles. The number of halogens is 1. The van der Waals surface area contributed by atoms with Crippen LogP contribution in [0.5, 0.6) is 0 Å². The van der Waals surface area contributed by atoms with Gasteiger partial charge in [0, 0.05) is 18.3 Å². The quantitative estimate of drug-likeness (QED) is 0.741. The molecule has 1 heterocycles. The summed E-state index contributed by atoms with van der Waals surface area (Å²) < 4.78 is 2.47. The van der Waals surface area contributed by atoms with Gasteiger partial charge in [0.05, 0.1) is 11.0 Å². The number of aromatic nitrogens is 2. The molecule has 1 aliphatic rings. The van der Waals surface area contributed by atoms with Gasteiger partial charge in [-0.05, 0) is 43.2 Å². The van der Waals surface area contributed by atoms with Crippen LogP contribution in [0.2, 0.25) is 0 Å². The number of alkyl halides is 1. The van der Waals surface area contributed by atoms with E-state index in [0.717, 1.165) is 29.6 Å². The number of nitrogens with zero attached hydrogens (tertiary/aromatic N) is 2. The van der Waals surface area contributed by atoms with Crippen molar-refractivity contribution in [3.63, 3.8) is 0 Å². The maximum atomic E-state index is 5.97. The third-order valence-electron chi connectivity index (χ3n) is 4.92. The largest absolute Gasteiger partial charge is 0.325 e. The molecule has 3 unspecified atom stereocenters. The summed E-state index contributed by atoms with van der Waals surface area (Å²) in [6.07, 6.45) is 4.70. The van der Waals surface area contributed by atoms with Crippen LogP contribution in [0.25, 0.3) is 11.0 Å². The standard InChI is InChI=1S/C17H23ClN2/c1-12-7-8-14(11-13(12)2)20-16-6-4-3-5-15(16)19-17(20)9-10-18/h3-6,12-14H,7-11H2,1-2H3. The molecule has 20 heavy (non-hydrogen) atoms. The highest BCUT2D eigenvalue weighted by atomic mass is 35.5. The SMILES string of the molecule is CC1CCC(n2c(CCCl)nc3ccccc32)CC1C. The summed E-state index contributed by atoms with van der Waals surface area (Å²) in [5.41, 5.74) is 2.39. The Bertz CT molecular complexity index is 590. The minimum atomic E-state index is 0.590. The van der Waals surface area contributed by atoms with Crippen LogP contribution in [0.1, 0.15) is 45.0 Å². The van der Waals surface area contributed by atoms with E-state index in [4.69, 9.17) is 16.6 Å². The van der Waals surface area contributed by atoms with Gasteiger partial charge in [-0.2, -0.15) is 0 Å². The predicted molar refractivity (Wildman–Crippen MR) is 85.4 cm³/mol. The summed E-state index contributed by atoms with van der Waals surface area (Å²) in [5, 5.41) is 0. The fourth-order valence-electron chi connectivity index (χ4n) is 3.52. The van der Waals surface area contributed by atoms with Crippen LogP contribution in [0.4, 0.5) is 0 Å². The van der Waals surface area contributed by atoms with E-state index < -0.39 is 0 Å². The molecule has 0 spiro atoms. The molecule has 0 bridgehead atoms. The van der Waals surface area contributed by atoms with Crippen LogP contribution in [-0.4, -0.2) is 15.4 Å². The van der Waals surface area contributed by atoms with Gasteiger partial charge in [-0.15, -0.1) is 11.6 Å². The zero-order valence-corrected chi connectivity index (χ0v) is 13.1. The fourth-order valence-corrected chi connectivity index (χ4v) is 3.69. The fraction of sp³-hybridized carbons (Fsp3) is 0.588. The Morgan fingerprint density at radius 2 is 2.00 bits per heavy atom. The number of hydrogen-bond donors (Lipinski definition) is 0. The van der Waals surface area contributed by atoms with E-state index >= 15 is 0 Å². The maximum absolute atomic E-state index is 5.97. The Hall–Kier alpha value is -1.02. The molecule has 0 N–H and O–H groups in total. The van der Waals surface area contributed by atoms with E-state index in [-0.39, 0.29) is 0 Å². The predicted octanol–water partition coefficient (Wildman–Crippen LogP) is 4.81. The first-order valence-electron chi connectivity index (χ1n) is 7.72. The van der Waals surface area contributed by atoms with Gasteiger partial charge in [0.2, 0.25) is 0 Å². The lowest BCUT2D eigenvalue weighted by molar-refractivity contribution is 0.211. The first kappa shape index (κ1) is 13.9. The van der Waals surface area contributed by atoms with Gasteiger partial charge in [0.15, 0.2) is 0 Å². The molecule has 0 amide bonds. The lowest BCUT2D eigenvalue weighted by Crippen LogP contribution is -2.24. The van der Waals surface area contributed by atoms with Crippen molar-refractivity contribution in [2.45, 2.75) is 45.6 Å². The van der Waals surface area contributed by atoms with Crippen molar-refractivity contribution in [2.75, 3.05) is 5.88 Å². The molecular weight excluding hydrogens is 268 g/mol. The van der Waals surface area contributed by atoms with Gasteiger partial charge < -0.3 is 4.57 Å². The zero-order valence-electron chi connectivity index (χ0n) is 12.3. The number of hydrogen-bond acceptors (Lipinski definition) is 1. The Morgan fingerprint density at radius 1 is 1.20 bits per heavy atom. The van der Waals surface area contributed by atoms with Gasteiger partial charge in [-0.1, -0.05) is 26.0 Å². The molecule has 1 fully saturated rings. The van der Waals surface area contributed by atoms with Gasteiger partial charge in [0.25, 0.3) is 0 Å². The van der Waals surface area contributed by atoms with Crippen LogP contribution in [-0.2, 0) is 6.42 Å². The molecule has 1 aromatic carbocycles. The summed E-state index contributed by atoms with van der Waals surface area (Å²) in [6.45, 7) is 4.77. The first-order chi connectivity index (χ1) is 9.70. The lowest BCUT2D eigenvalue weighted by Gasteiger charge is -2.34. The Labute approximate surface area is 126 Å². The Balaban J connectivity index is 2.02. The van der Waals surface area contributed by atoms with Gasteiger partial charge in [0.1, 0.15) is 5.82 Å². The van der Waals surface area contributed by atoms with Crippen molar-refractivity contribution in [2.24, 2.45) is 11.8 Å². The van der Waals surface area contributed by atoms with Crippen molar-refractivity contribution in [1.29, 1.82) is 0 Å². The molecule has 1 saturated carbocycles. The molecule has 2 nitrogen and oxygen atoms in total. The van der Waals surface area contributed by atoms with Crippen molar-refractivity contribution >= 4 is 22.6 Å². The molecule has 3 rings (SSSR count). The van der Waals surface area contributed by atoms with Gasteiger partial charge >= 0.3 is 0 Å². The van der Waals surface area contributed by atoms with Crippen LogP contribution >= 0.6 is 11.6 Å². The third-order valence-corrected chi connectivity index (χ3v) is 5.11. The second-order valence-electron chi connectivity index (χ2n) is 6.25. The smallest absolute Gasteiger partial charge is 0.111 e. The van der Waals surface area contributed by atoms with E-state index in [1.165, 1.54) is 24.8 Å². The summed E-state index contributed by atoms with van der Waals surface area (Å²) in [5.74, 6) is 3.44. The highest BCUT2D eigenvalue weighted by Crippen LogP contribution is 2.38. The summed E-state index contributed by atoms with van der Waals surface area (Å²) >= 11 is 5.97. The highest BCUT2D eigenvalue weighted by Gasteiger charge is 2.28. The molecule has 108 valence electrons. The van der Waals surface area contributed by atoms with Crippen LogP contribution in [0.15, 0.2) is 24.3 Å². The maximum Gasteiger partial charge on any atom is 0.111 e. The molecule has 0 aliphatic heterocycles. The van der Waals surface area contributed by atoms with Gasteiger partial charge in [-0.25, -0.2) is 4.98 Å². The summed E-state index contributed by atoms with van der Waals surface area (Å²) in [4.78, 5) is 4.80. The van der Waals surface area contributed by atoms with E-state index in [1.807, 2.05) is 0 Å². The number of rotatable bonds is 3. The van der Waals surface area contributed by atoms with Crippen molar-refractivity contribution in [3.8, 4) is 0 Å². The molecule has 3 heteroatoms. The van der Waals surface area contributed by atoms with Crippen LogP contribution in [0, 0.1) is 11.8 Å². The molecule has 2 aromatic rings. The van der Waals surface area contributed by atoms with E-state index in [9.17, 15) is 0 Å². The second-order valence-corrected chi connectivity index (χ2v) is 6.63. The number of fused-ring (bicyclic) bond motifs is 1. The van der Waals surface area contributed by atoms with E-state index in [0.29, 0.717) is 11.9 Å². The van der Waals surface area contributed by atoms with E-state index in [2.05, 4.69) is 42.7 Å². The van der Waals surface area contributed by atoms with Crippen LogP contribution in [0.3, 0.4) is 0 Å². The average molecular weight is 291 g/mol. The minimum Gasteiger partial charge on any atom is -0.325 e. The Kier molecular flexibility index (Phi) is 4.02. The number of imidazole rings is 1. The number of aryl methyl sites for hydroxylation is 1. The molecule has 3 atom stereocenters. The summed E-state index contributed by atoms with van der Waals surface area (Å²) in [7, 11) is 0. The number of benzene rings is 1. The zero-order chi connectivity index (χ0) is 14.1. The second kappa shape index (κ2) is 5.77. The van der Waals surface area contributed by atoms with Gasteiger partial charge in [-0.3, -0.25) is 0 Å². The molecule has 1 aromatic heterocycles. The number of para-hydroxylation sites is 2. The topological polar surface area (TPSA) is 17.8 Å². The normalized spacial score (nSPS) is 27.1. The highest BCUT2D eigenvalue weighted by molar-refractivity contribution is 6.17. The summed E-state index contributed by atoms with van der Waals surface area (Å²) in [6, 6.07) is 9.07. The third kappa shape index (κ3) is 2.46. The molecular formula is C17H23ClN2. The Morgan fingerprint density at radius 3 is 2.75 bits per heavy atom. The minimum absolute atomic E-state index is 0.590. The lowest BCUT2D eigenvalue weighted by atomic mass is 9.79. The van der Waals surface area contributed by atoms with Crippen LogP contribution < -0.4 is 0 Å². The van der Waals surface area contributed by atoms with E-state index in [1.54, 1.807) is 0 Å². The average Bonchev–Trinajstić information content (AvgIpc) is 2.80. The van der Waals surface area contributed by atoms with Crippen molar-refractivity contribution < 1.29 is 0 Å². The van der Waals surface area contributed by atoms with Crippen molar-refractivity contribution in [3.05, 3.63) is 30.1 Å². The first-order valence-corrected chi connectivity index (χ1v) is 8.26. The monoisotopic (exact) mass is 290 g/mol. The van der Waals surface area contributed by atoms with Crippen molar-refractivity contribution in [1.82, 2.24) is 9.55 Å². The molecule has 0 saturated heterocycles. The molecule has 0 radical (unpaired) electrons.